The molecule has 0 aliphatic heterocycles. The minimum Gasteiger partial charge on any atom is -0.507 e. The molecule has 1 heterocycles. The fourth-order valence-electron chi connectivity index (χ4n) is 2.78. The highest BCUT2D eigenvalue weighted by atomic mass is 16.5. The molecule has 0 spiro atoms. The van der Waals surface area contributed by atoms with E-state index in [1.165, 1.54) is 19.3 Å². The predicted octanol–water partition coefficient (Wildman–Crippen LogP) is 5.05. The maximum absolute atomic E-state index is 12.6. The van der Waals surface area contributed by atoms with Gasteiger partial charge in [0.05, 0.1) is 7.11 Å². The van der Waals surface area contributed by atoms with Crippen molar-refractivity contribution in [2.24, 2.45) is 0 Å². The molecular weight excluding hydrogens is 384 g/mol. The van der Waals surface area contributed by atoms with Gasteiger partial charge >= 0.3 is 11.6 Å². The number of unbranched alkanes of at least 4 members (excludes halogenated alkanes) is 3. The lowest BCUT2D eigenvalue weighted by molar-refractivity contribution is -0.134. The molecule has 0 amide bonds. The van der Waals surface area contributed by atoms with Crippen LogP contribution in [0, 0.1) is 0 Å². The van der Waals surface area contributed by atoms with Crippen molar-refractivity contribution in [3.8, 4) is 5.75 Å². The van der Waals surface area contributed by atoms with Gasteiger partial charge in [0.1, 0.15) is 17.1 Å². The molecule has 0 saturated carbocycles. The smallest absolute Gasteiger partial charge is 0.351 e. The van der Waals surface area contributed by atoms with Gasteiger partial charge in [-0.3, -0.25) is 4.79 Å². The summed E-state index contributed by atoms with van der Waals surface area (Å²) in [5.74, 6) is -1.08. The highest BCUT2D eigenvalue weighted by molar-refractivity contribution is 6.09. The quantitative estimate of drug-likeness (QED) is 0.168. The summed E-state index contributed by atoms with van der Waals surface area (Å²) < 4.78 is 9.70. The molecule has 1 N–H and O–H groups in total. The van der Waals surface area contributed by atoms with E-state index in [0.29, 0.717) is 24.8 Å². The highest BCUT2D eigenvalue weighted by Gasteiger charge is 2.20. The van der Waals surface area contributed by atoms with E-state index in [1.54, 1.807) is 19.1 Å². The molecule has 0 radical (unpaired) electrons. The maximum Gasteiger partial charge on any atom is 0.351 e. The van der Waals surface area contributed by atoms with Crippen molar-refractivity contribution in [1.82, 2.24) is 0 Å². The SMILES string of the molecule is CCCCC/C(C)=C/C=C(\C)C(=O)c1c(O)cc(CCC/C=C/C(=O)OC)oc1=O. The number of aryl methyl sites for hydroxylation is 1. The van der Waals surface area contributed by atoms with E-state index in [-0.39, 0.29) is 17.1 Å². The van der Waals surface area contributed by atoms with E-state index >= 15 is 0 Å². The molecule has 30 heavy (non-hydrogen) atoms. The Morgan fingerprint density at radius 1 is 1.17 bits per heavy atom. The molecule has 0 unspecified atom stereocenters. The first-order chi connectivity index (χ1) is 14.3. The van der Waals surface area contributed by atoms with Gasteiger partial charge in [-0.25, -0.2) is 9.59 Å². The van der Waals surface area contributed by atoms with Crippen LogP contribution < -0.4 is 5.63 Å². The first kappa shape index (κ1) is 25.1. The number of hydrogen-bond acceptors (Lipinski definition) is 6. The Kier molecular flexibility index (Phi) is 11.2. The average molecular weight is 417 g/mol. The number of aromatic hydroxyl groups is 1. The van der Waals surface area contributed by atoms with Crippen LogP contribution in [0.1, 0.15) is 75.4 Å². The maximum atomic E-state index is 12.6. The lowest BCUT2D eigenvalue weighted by Crippen LogP contribution is -2.16. The van der Waals surface area contributed by atoms with Crippen LogP contribution in [0.5, 0.6) is 5.75 Å². The number of allylic oxidation sites excluding steroid dienone is 5. The molecule has 1 aromatic rings. The van der Waals surface area contributed by atoms with E-state index in [2.05, 4.69) is 11.7 Å². The second kappa shape index (κ2) is 13.4. The van der Waals surface area contributed by atoms with Crippen LogP contribution in [-0.4, -0.2) is 24.0 Å². The van der Waals surface area contributed by atoms with Gasteiger partial charge in [-0.15, -0.1) is 0 Å². The Morgan fingerprint density at radius 3 is 2.53 bits per heavy atom. The first-order valence-electron chi connectivity index (χ1n) is 10.3. The number of esters is 1. The zero-order valence-electron chi connectivity index (χ0n) is 18.3. The Hall–Kier alpha value is -2.89. The van der Waals surface area contributed by atoms with E-state index < -0.39 is 17.4 Å². The molecule has 0 aromatic carbocycles. The summed E-state index contributed by atoms with van der Waals surface area (Å²) in [6.45, 7) is 5.76. The summed E-state index contributed by atoms with van der Waals surface area (Å²) >= 11 is 0. The van der Waals surface area contributed by atoms with E-state index in [1.807, 2.05) is 13.0 Å². The Bertz CT molecular complexity index is 870. The largest absolute Gasteiger partial charge is 0.507 e. The van der Waals surface area contributed by atoms with Crippen molar-refractivity contribution in [1.29, 1.82) is 0 Å². The van der Waals surface area contributed by atoms with Crippen molar-refractivity contribution in [3.05, 3.63) is 63.3 Å². The van der Waals surface area contributed by atoms with E-state index in [9.17, 15) is 19.5 Å². The third kappa shape index (κ3) is 8.64. The van der Waals surface area contributed by atoms with Crippen LogP contribution in [0.3, 0.4) is 0 Å². The number of carbonyl (C=O) groups excluding carboxylic acids is 2. The molecule has 0 aliphatic carbocycles. The van der Waals surface area contributed by atoms with Gasteiger partial charge in [-0.05, 0) is 45.1 Å². The molecule has 6 heteroatoms. The van der Waals surface area contributed by atoms with Gasteiger partial charge in [0.2, 0.25) is 0 Å². The minimum absolute atomic E-state index is 0.286. The van der Waals surface area contributed by atoms with Crippen LogP contribution >= 0.6 is 0 Å². The zero-order chi connectivity index (χ0) is 22.5. The number of Topliss-reactive ketones (excluding diaryl/α,β-unsaturated/α-hetero) is 1. The third-order valence-electron chi connectivity index (χ3n) is 4.61. The van der Waals surface area contributed by atoms with E-state index in [0.717, 1.165) is 31.3 Å². The number of methoxy groups -OCH3 is 1. The van der Waals surface area contributed by atoms with Gasteiger partial charge in [-0.1, -0.05) is 43.6 Å². The third-order valence-corrected chi connectivity index (χ3v) is 4.61. The molecule has 1 rings (SSSR count). The Labute approximate surface area is 177 Å². The van der Waals surface area contributed by atoms with Crippen molar-refractivity contribution in [2.75, 3.05) is 7.11 Å². The lowest BCUT2D eigenvalue weighted by atomic mass is 10.0. The fraction of sp³-hybridized carbons (Fsp3) is 0.458. The van der Waals surface area contributed by atoms with E-state index in [4.69, 9.17) is 4.42 Å². The fourth-order valence-corrected chi connectivity index (χ4v) is 2.78. The predicted molar refractivity (Wildman–Crippen MR) is 117 cm³/mol. The number of ether oxygens (including phenoxy) is 1. The monoisotopic (exact) mass is 416 g/mol. The van der Waals surface area contributed by atoms with Crippen molar-refractivity contribution < 1.29 is 23.8 Å². The molecule has 0 atom stereocenters. The lowest BCUT2D eigenvalue weighted by Gasteiger charge is -2.05. The topological polar surface area (TPSA) is 93.8 Å². The van der Waals surface area contributed by atoms with Crippen molar-refractivity contribution in [2.45, 2.75) is 65.7 Å². The standard InChI is InChI=1S/C24H32O6/c1-5-6-8-11-17(2)14-15-18(3)23(27)22-20(25)16-19(30-24(22)28)12-9-7-10-13-21(26)29-4/h10,13-16,25H,5-9,11-12H2,1-4H3/b13-10+,17-14+,18-15+. The van der Waals surface area contributed by atoms with Gasteiger partial charge in [0.15, 0.2) is 5.78 Å². The molecular formula is C24H32O6. The van der Waals surface area contributed by atoms with Gasteiger partial charge in [-0.2, -0.15) is 0 Å². The summed E-state index contributed by atoms with van der Waals surface area (Å²) in [6, 6.07) is 1.30. The summed E-state index contributed by atoms with van der Waals surface area (Å²) in [5, 5.41) is 10.2. The van der Waals surface area contributed by atoms with Crippen LogP contribution in [0.2, 0.25) is 0 Å². The Balaban J connectivity index is 2.80. The van der Waals surface area contributed by atoms with Crippen LogP contribution in [0.4, 0.5) is 0 Å². The Morgan fingerprint density at radius 2 is 1.90 bits per heavy atom. The highest BCUT2D eigenvalue weighted by Crippen LogP contribution is 2.20. The zero-order valence-corrected chi connectivity index (χ0v) is 18.3. The molecule has 6 nitrogen and oxygen atoms in total. The van der Waals surface area contributed by atoms with Crippen LogP contribution in [-0.2, 0) is 16.0 Å². The normalized spacial score (nSPS) is 12.4. The van der Waals surface area contributed by atoms with Gasteiger partial charge in [0, 0.05) is 18.6 Å². The molecule has 0 aliphatic rings. The second-order valence-corrected chi connectivity index (χ2v) is 7.23. The number of hydrogen-bond donors (Lipinski definition) is 1. The summed E-state index contributed by atoms with van der Waals surface area (Å²) in [5.41, 5.74) is 0.309. The van der Waals surface area contributed by atoms with Crippen LogP contribution in [0.15, 0.2) is 50.7 Å². The number of carbonyl (C=O) groups is 2. The summed E-state index contributed by atoms with van der Waals surface area (Å²) in [7, 11) is 1.30. The number of ketones is 1. The summed E-state index contributed by atoms with van der Waals surface area (Å²) in [4.78, 5) is 35.9. The summed E-state index contributed by atoms with van der Waals surface area (Å²) in [6.07, 6.45) is 12.5. The molecule has 0 saturated heterocycles. The van der Waals surface area contributed by atoms with Crippen LogP contribution in [0.25, 0.3) is 0 Å². The molecule has 0 fully saturated rings. The van der Waals surface area contributed by atoms with Crippen molar-refractivity contribution >= 4 is 11.8 Å². The molecule has 0 bridgehead atoms. The minimum atomic E-state index is -0.850. The molecule has 164 valence electrons. The van der Waals surface area contributed by atoms with Crippen molar-refractivity contribution in [3.63, 3.8) is 0 Å². The first-order valence-corrected chi connectivity index (χ1v) is 10.3. The number of rotatable bonds is 12. The average Bonchev–Trinajstić information content (AvgIpc) is 2.71. The molecule has 1 aromatic heterocycles. The second-order valence-electron chi connectivity index (χ2n) is 7.23. The van der Waals surface area contributed by atoms with Gasteiger partial charge in [0.25, 0.3) is 0 Å². The van der Waals surface area contributed by atoms with Gasteiger partial charge < -0.3 is 14.3 Å².